The second-order valence-electron chi connectivity index (χ2n) is 11.8. The molecule has 0 aliphatic carbocycles. The zero-order valence-corrected chi connectivity index (χ0v) is 25.0. The van der Waals surface area contributed by atoms with E-state index in [0.717, 1.165) is 66.4 Å². The van der Waals surface area contributed by atoms with Gasteiger partial charge in [0, 0.05) is 46.7 Å². The summed E-state index contributed by atoms with van der Waals surface area (Å²) >= 11 is 0. The van der Waals surface area contributed by atoms with Crippen LogP contribution in [0.4, 0.5) is 0 Å². The lowest BCUT2D eigenvalue weighted by Crippen LogP contribution is -1.92. The summed E-state index contributed by atoms with van der Waals surface area (Å²) in [6.45, 7) is 1.13. The number of furan rings is 1. The van der Waals surface area contributed by atoms with E-state index in [0.29, 0.717) is 13.2 Å². The van der Waals surface area contributed by atoms with Crippen molar-refractivity contribution in [2.24, 2.45) is 0 Å². The summed E-state index contributed by atoms with van der Waals surface area (Å²) in [5, 5.41) is 2.28. The molecule has 0 bridgehead atoms. The smallest absolute Gasteiger partial charge is 0.136 e. The molecule has 1 aliphatic rings. The predicted molar refractivity (Wildman–Crippen MR) is 185 cm³/mol. The molecule has 4 heterocycles. The molecule has 0 saturated heterocycles. The average molecular weight is 593 g/mol. The Kier molecular flexibility index (Phi) is 6.32. The fraction of sp³-hybridized carbons (Fsp3) is 0.0476. The molecule has 0 saturated carbocycles. The maximum Gasteiger partial charge on any atom is 0.136 e. The molecule has 0 fully saturated rings. The molecule has 4 heteroatoms. The topological polar surface area (TPSA) is 48.2 Å². The molecule has 46 heavy (non-hydrogen) atoms. The summed E-state index contributed by atoms with van der Waals surface area (Å²) in [6, 6.07) is 43.1. The maximum absolute atomic E-state index is 6.22. The SMILES string of the molecule is c1cncc(-c2cc(-c3cccnc3)cc(-c3ccc4c(c3)-c3ccc(-c5ccc6c(c5)oc5ccccc56)cc3COC4)c2)c1. The highest BCUT2D eigenvalue weighted by molar-refractivity contribution is 6.05. The quantitative estimate of drug-likeness (QED) is 0.204. The lowest BCUT2D eigenvalue weighted by molar-refractivity contribution is 0.110. The minimum absolute atomic E-state index is 0.557. The van der Waals surface area contributed by atoms with E-state index in [1.807, 2.05) is 49.1 Å². The van der Waals surface area contributed by atoms with Gasteiger partial charge in [-0.2, -0.15) is 0 Å². The van der Waals surface area contributed by atoms with Crippen molar-refractivity contribution >= 4 is 21.9 Å². The fourth-order valence-electron chi connectivity index (χ4n) is 6.66. The number of nitrogens with zero attached hydrogens (tertiary/aromatic N) is 2. The Bertz CT molecular complexity index is 2340. The molecule has 0 amide bonds. The number of rotatable bonds is 4. The van der Waals surface area contributed by atoms with Crippen LogP contribution in [-0.4, -0.2) is 9.97 Å². The highest BCUT2D eigenvalue weighted by atomic mass is 16.5. The molecule has 4 nitrogen and oxygen atoms in total. The van der Waals surface area contributed by atoms with Gasteiger partial charge in [-0.1, -0.05) is 60.7 Å². The van der Waals surface area contributed by atoms with E-state index < -0.39 is 0 Å². The Hall–Kier alpha value is -5.84. The van der Waals surface area contributed by atoms with Gasteiger partial charge in [0.1, 0.15) is 11.2 Å². The molecule has 0 unspecified atom stereocenters. The van der Waals surface area contributed by atoms with Crippen molar-refractivity contribution in [2.45, 2.75) is 13.2 Å². The second-order valence-corrected chi connectivity index (χ2v) is 11.8. The van der Waals surface area contributed by atoms with E-state index in [1.165, 1.54) is 22.3 Å². The van der Waals surface area contributed by atoms with E-state index in [2.05, 4.69) is 107 Å². The summed E-state index contributed by atoms with van der Waals surface area (Å²) in [7, 11) is 0. The Morgan fingerprint density at radius 2 is 1.04 bits per heavy atom. The minimum atomic E-state index is 0.557. The number of hydrogen-bond donors (Lipinski definition) is 0. The summed E-state index contributed by atoms with van der Waals surface area (Å²) < 4.78 is 12.4. The third-order valence-electron chi connectivity index (χ3n) is 8.99. The van der Waals surface area contributed by atoms with Crippen molar-refractivity contribution in [3.63, 3.8) is 0 Å². The molecule has 0 spiro atoms. The van der Waals surface area contributed by atoms with Crippen molar-refractivity contribution in [2.75, 3.05) is 0 Å². The number of aromatic nitrogens is 2. The van der Waals surface area contributed by atoms with Crippen LogP contribution in [0.2, 0.25) is 0 Å². The van der Waals surface area contributed by atoms with Gasteiger partial charge in [-0.15, -0.1) is 0 Å². The maximum atomic E-state index is 6.22. The summed E-state index contributed by atoms with van der Waals surface area (Å²) in [4.78, 5) is 8.76. The van der Waals surface area contributed by atoms with Gasteiger partial charge in [0.05, 0.1) is 13.2 Å². The standard InChI is InChI=1S/C42H28N2O2/c1-2-8-41-38(7-1)39-14-12-29(22-42(39)46-41)27-11-13-37-36(17-27)26-45-25-32-10-9-28(21-40(32)37)33-18-34(30-5-3-15-43-23-30)20-35(19-33)31-6-4-16-44-24-31/h1-24H,25-26H2. The van der Waals surface area contributed by atoms with Gasteiger partial charge in [0.25, 0.3) is 0 Å². The number of ether oxygens (including phenoxy) is 1. The lowest BCUT2D eigenvalue weighted by atomic mass is 9.89. The number of benzene rings is 5. The first-order valence-corrected chi connectivity index (χ1v) is 15.5. The largest absolute Gasteiger partial charge is 0.456 e. The zero-order valence-electron chi connectivity index (χ0n) is 25.0. The molecule has 9 rings (SSSR count). The molecular weight excluding hydrogens is 564 g/mol. The van der Waals surface area contributed by atoms with E-state index in [-0.39, 0.29) is 0 Å². The van der Waals surface area contributed by atoms with Crippen molar-refractivity contribution in [1.29, 1.82) is 0 Å². The van der Waals surface area contributed by atoms with Crippen LogP contribution in [0.3, 0.4) is 0 Å². The van der Waals surface area contributed by atoms with Gasteiger partial charge < -0.3 is 9.15 Å². The number of para-hydroxylation sites is 1. The molecule has 0 radical (unpaired) electrons. The van der Waals surface area contributed by atoms with Crippen LogP contribution in [0.5, 0.6) is 0 Å². The summed E-state index contributed by atoms with van der Waals surface area (Å²) in [5.74, 6) is 0. The van der Waals surface area contributed by atoms with Crippen LogP contribution >= 0.6 is 0 Å². The molecule has 3 aromatic heterocycles. The number of fused-ring (bicyclic) bond motifs is 6. The minimum Gasteiger partial charge on any atom is -0.456 e. The van der Waals surface area contributed by atoms with Crippen LogP contribution in [0, 0.1) is 0 Å². The summed E-state index contributed by atoms with van der Waals surface area (Å²) in [5.41, 5.74) is 15.6. The van der Waals surface area contributed by atoms with E-state index in [4.69, 9.17) is 9.15 Å². The molecule has 0 atom stereocenters. The van der Waals surface area contributed by atoms with E-state index in [9.17, 15) is 0 Å². The number of pyridine rings is 2. The highest BCUT2D eigenvalue weighted by Crippen LogP contribution is 2.40. The van der Waals surface area contributed by atoms with E-state index in [1.54, 1.807) is 0 Å². The Morgan fingerprint density at radius 1 is 0.413 bits per heavy atom. The summed E-state index contributed by atoms with van der Waals surface area (Å²) in [6.07, 6.45) is 7.45. The van der Waals surface area contributed by atoms with Crippen LogP contribution < -0.4 is 0 Å². The average Bonchev–Trinajstić information content (AvgIpc) is 3.40. The second kappa shape index (κ2) is 11.0. The Labute approximate surface area is 266 Å². The first-order chi connectivity index (χ1) is 22.8. The predicted octanol–water partition coefficient (Wildman–Crippen LogP) is 10.7. The number of hydrogen-bond acceptors (Lipinski definition) is 4. The first-order valence-electron chi connectivity index (χ1n) is 15.5. The molecule has 5 aromatic carbocycles. The normalized spacial score (nSPS) is 12.5. The highest BCUT2D eigenvalue weighted by Gasteiger charge is 2.18. The molecule has 218 valence electrons. The zero-order chi connectivity index (χ0) is 30.5. The molecule has 1 aliphatic heterocycles. The third kappa shape index (κ3) is 4.68. The fourth-order valence-corrected chi connectivity index (χ4v) is 6.66. The monoisotopic (exact) mass is 592 g/mol. The van der Waals surface area contributed by atoms with Crippen molar-refractivity contribution < 1.29 is 9.15 Å². The van der Waals surface area contributed by atoms with Gasteiger partial charge in [-0.3, -0.25) is 9.97 Å². The van der Waals surface area contributed by atoms with Crippen LogP contribution in [0.25, 0.3) is 77.6 Å². The first kappa shape index (κ1) is 26.6. The van der Waals surface area contributed by atoms with Crippen molar-refractivity contribution in [3.8, 4) is 55.6 Å². The van der Waals surface area contributed by atoms with Gasteiger partial charge in [-0.25, -0.2) is 0 Å². The van der Waals surface area contributed by atoms with Gasteiger partial charge in [0.15, 0.2) is 0 Å². The van der Waals surface area contributed by atoms with Crippen LogP contribution in [0.1, 0.15) is 11.1 Å². The lowest BCUT2D eigenvalue weighted by Gasteiger charge is -2.14. The van der Waals surface area contributed by atoms with Gasteiger partial charge in [-0.05, 0) is 116 Å². The molecule has 0 N–H and O–H groups in total. The van der Waals surface area contributed by atoms with Crippen LogP contribution in [0.15, 0.2) is 151 Å². The molecular formula is C42H28N2O2. The Balaban J connectivity index is 1.14. The Morgan fingerprint density at radius 3 is 1.80 bits per heavy atom. The van der Waals surface area contributed by atoms with Gasteiger partial charge >= 0.3 is 0 Å². The van der Waals surface area contributed by atoms with Crippen LogP contribution in [-0.2, 0) is 18.0 Å². The molecule has 8 aromatic rings. The van der Waals surface area contributed by atoms with E-state index >= 15 is 0 Å². The van der Waals surface area contributed by atoms with Crippen molar-refractivity contribution in [1.82, 2.24) is 9.97 Å². The van der Waals surface area contributed by atoms with Gasteiger partial charge in [0.2, 0.25) is 0 Å². The third-order valence-corrected chi connectivity index (χ3v) is 8.99. The van der Waals surface area contributed by atoms with Crippen molar-refractivity contribution in [3.05, 3.63) is 157 Å².